The van der Waals surface area contributed by atoms with Crippen LogP contribution < -0.4 is 0 Å². The molecule has 3 heterocycles. The molecule has 0 spiro atoms. The molecule has 7 nitrogen and oxygen atoms in total. The second-order valence-electron chi connectivity index (χ2n) is 6.18. The van der Waals surface area contributed by atoms with Gasteiger partial charge in [-0.2, -0.15) is 5.10 Å². The number of carbonyl (C=O) groups is 1. The van der Waals surface area contributed by atoms with E-state index in [-0.39, 0.29) is 6.61 Å². The number of benzene rings is 1. The van der Waals surface area contributed by atoms with Crippen LogP contribution in [0.4, 0.5) is 0 Å². The van der Waals surface area contributed by atoms with Gasteiger partial charge < -0.3 is 9.30 Å². The van der Waals surface area contributed by atoms with Gasteiger partial charge in [0.15, 0.2) is 5.69 Å². The van der Waals surface area contributed by atoms with E-state index in [0.29, 0.717) is 17.8 Å². The van der Waals surface area contributed by atoms with Gasteiger partial charge in [-0.15, -0.1) is 0 Å². The van der Waals surface area contributed by atoms with E-state index in [0.717, 1.165) is 22.5 Å². The quantitative estimate of drug-likeness (QED) is 0.522. The number of hydrogen-bond donors (Lipinski definition) is 1. The molecule has 7 heteroatoms. The topological polar surface area (TPSA) is 85.7 Å². The third-order valence-corrected chi connectivity index (χ3v) is 4.33. The smallest absolute Gasteiger partial charge is 0.357 e. The fraction of sp³-hybridized carbons (Fsp3) is 0.143. The predicted molar refractivity (Wildman–Crippen MR) is 105 cm³/mol. The van der Waals surface area contributed by atoms with Crippen molar-refractivity contribution < 1.29 is 9.53 Å². The van der Waals surface area contributed by atoms with Crippen molar-refractivity contribution in [1.82, 2.24) is 24.7 Å². The van der Waals surface area contributed by atoms with Gasteiger partial charge in [0.05, 0.1) is 42.6 Å². The van der Waals surface area contributed by atoms with Gasteiger partial charge in [-0.05, 0) is 18.6 Å². The summed E-state index contributed by atoms with van der Waals surface area (Å²) in [6, 6.07) is 13.8. The van der Waals surface area contributed by atoms with Crippen molar-refractivity contribution in [2.45, 2.75) is 13.5 Å². The average Bonchev–Trinajstić information content (AvgIpc) is 3.36. The van der Waals surface area contributed by atoms with Crippen LogP contribution in [0.25, 0.3) is 22.5 Å². The maximum Gasteiger partial charge on any atom is 0.357 e. The molecule has 28 heavy (non-hydrogen) atoms. The lowest BCUT2D eigenvalue weighted by molar-refractivity contribution is 0.0520. The molecule has 0 saturated heterocycles. The number of pyridine rings is 1. The average molecular weight is 373 g/mol. The maximum atomic E-state index is 12.4. The Morgan fingerprint density at radius 3 is 2.75 bits per heavy atom. The molecule has 4 rings (SSSR count). The Balaban J connectivity index is 1.85. The molecule has 0 aliphatic heterocycles. The summed E-state index contributed by atoms with van der Waals surface area (Å²) in [5.41, 5.74) is 4.52. The molecule has 1 N–H and O–H groups in total. The van der Waals surface area contributed by atoms with E-state index in [2.05, 4.69) is 20.2 Å². The summed E-state index contributed by atoms with van der Waals surface area (Å²) < 4.78 is 7.17. The number of aromatic nitrogens is 5. The van der Waals surface area contributed by atoms with Crippen molar-refractivity contribution in [2.24, 2.45) is 0 Å². The number of hydrogen-bond acceptors (Lipinski definition) is 5. The Labute approximate surface area is 162 Å². The first-order valence-electron chi connectivity index (χ1n) is 8.98. The van der Waals surface area contributed by atoms with Crippen LogP contribution >= 0.6 is 0 Å². The van der Waals surface area contributed by atoms with Crippen LogP contribution in [0, 0.1) is 0 Å². The number of H-pyrrole nitrogens is 1. The monoisotopic (exact) mass is 373 g/mol. The lowest BCUT2D eigenvalue weighted by Crippen LogP contribution is -2.08. The molecule has 4 aromatic rings. The first kappa shape index (κ1) is 17.7. The molecule has 1 aromatic carbocycles. The van der Waals surface area contributed by atoms with Crippen LogP contribution in [-0.2, 0) is 11.3 Å². The highest BCUT2D eigenvalue weighted by Crippen LogP contribution is 2.33. The largest absolute Gasteiger partial charge is 0.461 e. The number of esters is 1. The molecule has 0 bridgehead atoms. The minimum atomic E-state index is -0.442. The molecule has 3 aromatic heterocycles. The second kappa shape index (κ2) is 7.87. The van der Waals surface area contributed by atoms with E-state index in [1.165, 1.54) is 0 Å². The maximum absolute atomic E-state index is 12.4. The first-order chi connectivity index (χ1) is 13.8. The summed E-state index contributed by atoms with van der Waals surface area (Å²) in [4.78, 5) is 21.2. The van der Waals surface area contributed by atoms with Crippen LogP contribution in [0.2, 0.25) is 0 Å². The fourth-order valence-electron chi connectivity index (χ4n) is 3.10. The molecular weight excluding hydrogens is 354 g/mol. The SMILES string of the molecule is CCOC(=O)c1[nH]ncc1-c1c(-c2ccccc2)ncn1Cc1cccnc1. The van der Waals surface area contributed by atoms with Crippen LogP contribution in [-0.4, -0.2) is 37.3 Å². The lowest BCUT2D eigenvalue weighted by atomic mass is 10.0. The molecular formula is C21H19N5O2. The summed E-state index contributed by atoms with van der Waals surface area (Å²) in [6.45, 7) is 2.63. The van der Waals surface area contributed by atoms with Gasteiger partial charge in [-0.25, -0.2) is 9.78 Å². The molecule has 0 atom stereocenters. The zero-order chi connectivity index (χ0) is 19.3. The van der Waals surface area contributed by atoms with Gasteiger partial charge in [0, 0.05) is 18.0 Å². The highest BCUT2D eigenvalue weighted by atomic mass is 16.5. The molecule has 0 unspecified atom stereocenters. The highest BCUT2D eigenvalue weighted by molar-refractivity contribution is 5.96. The Hall–Kier alpha value is -3.74. The van der Waals surface area contributed by atoms with Crippen LogP contribution in [0.5, 0.6) is 0 Å². The van der Waals surface area contributed by atoms with Crippen molar-refractivity contribution in [3.63, 3.8) is 0 Å². The van der Waals surface area contributed by atoms with Crippen LogP contribution in [0.3, 0.4) is 0 Å². The highest BCUT2D eigenvalue weighted by Gasteiger charge is 2.23. The third-order valence-electron chi connectivity index (χ3n) is 4.33. The Morgan fingerprint density at radius 1 is 1.14 bits per heavy atom. The van der Waals surface area contributed by atoms with E-state index < -0.39 is 5.97 Å². The number of ether oxygens (including phenoxy) is 1. The van der Waals surface area contributed by atoms with Crippen molar-refractivity contribution in [3.8, 4) is 22.5 Å². The molecule has 0 aliphatic carbocycles. The molecule has 0 radical (unpaired) electrons. The molecule has 0 amide bonds. The first-order valence-corrected chi connectivity index (χ1v) is 8.98. The number of carbonyl (C=O) groups excluding carboxylic acids is 1. The van der Waals surface area contributed by atoms with Gasteiger partial charge >= 0.3 is 5.97 Å². The Morgan fingerprint density at radius 2 is 2.00 bits per heavy atom. The number of nitrogens with zero attached hydrogens (tertiary/aromatic N) is 4. The van der Waals surface area contributed by atoms with E-state index in [9.17, 15) is 4.79 Å². The summed E-state index contributed by atoms with van der Waals surface area (Å²) >= 11 is 0. The number of imidazole rings is 1. The standard InChI is InChI=1S/C21H19N5O2/c1-2-28-21(27)19-17(12-24-25-19)20-18(16-8-4-3-5-9-16)23-14-26(20)13-15-7-6-10-22-11-15/h3-12,14H,2,13H2,1H3,(H,24,25). The van der Waals surface area contributed by atoms with E-state index in [4.69, 9.17) is 4.74 Å². The zero-order valence-electron chi connectivity index (χ0n) is 15.4. The summed E-state index contributed by atoms with van der Waals surface area (Å²) in [5.74, 6) is -0.442. The van der Waals surface area contributed by atoms with Gasteiger partial charge in [-0.1, -0.05) is 36.4 Å². The second-order valence-corrected chi connectivity index (χ2v) is 6.18. The Bertz CT molecular complexity index is 1070. The lowest BCUT2D eigenvalue weighted by Gasteiger charge is -2.11. The number of rotatable bonds is 6. The van der Waals surface area contributed by atoms with Crippen molar-refractivity contribution in [3.05, 3.63) is 78.6 Å². The van der Waals surface area contributed by atoms with E-state index in [1.807, 2.05) is 53.2 Å². The summed E-state index contributed by atoms with van der Waals surface area (Å²) in [7, 11) is 0. The minimum Gasteiger partial charge on any atom is -0.461 e. The molecule has 0 fully saturated rings. The predicted octanol–water partition coefficient (Wildman–Crippen LogP) is 3.56. The number of aromatic amines is 1. The molecule has 140 valence electrons. The number of nitrogens with one attached hydrogen (secondary N) is 1. The van der Waals surface area contributed by atoms with E-state index in [1.54, 1.807) is 25.6 Å². The third kappa shape index (κ3) is 3.42. The Kier molecular flexibility index (Phi) is 4.97. The normalized spacial score (nSPS) is 10.8. The van der Waals surface area contributed by atoms with Gasteiger partial charge in [0.1, 0.15) is 0 Å². The summed E-state index contributed by atoms with van der Waals surface area (Å²) in [5, 5.41) is 6.86. The van der Waals surface area contributed by atoms with Gasteiger partial charge in [0.25, 0.3) is 0 Å². The van der Waals surface area contributed by atoms with Gasteiger partial charge in [0.2, 0.25) is 0 Å². The molecule has 0 aliphatic rings. The van der Waals surface area contributed by atoms with Crippen LogP contribution in [0.1, 0.15) is 23.0 Å². The van der Waals surface area contributed by atoms with Crippen molar-refractivity contribution in [2.75, 3.05) is 6.61 Å². The summed E-state index contributed by atoms with van der Waals surface area (Å²) in [6.07, 6.45) is 6.96. The van der Waals surface area contributed by atoms with Crippen molar-refractivity contribution >= 4 is 5.97 Å². The molecule has 0 saturated carbocycles. The minimum absolute atomic E-state index is 0.289. The van der Waals surface area contributed by atoms with Gasteiger partial charge in [-0.3, -0.25) is 10.1 Å². The van der Waals surface area contributed by atoms with E-state index >= 15 is 0 Å². The fourth-order valence-corrected chi connectivity index (χ4v) is 3.10. The zero-order valence-corrected chi connectivity index (χ0v) is 15.4. The van der Waals surface area contributed by atoms with Crippen LogP contribution in [0.15, 0.2) is 67.4 Å². The van der Waals surface area contributed by atoms with Crippen molar-refractivity contribution in [1.29, 1.82) is 0 Å².